The summed E-state index contributed by atoms with van der Waals surface area (Å²) in [6, 6.07) is 4.86. The van der Waals surface area contributed by atoms with E-state index in [1.54, 1.807) is 18.2 Å². The van der Waals surface area contributed by atoms with Crippen LogP contribution in [0.5, 0.6) is 0 Å². The third-order valence-corrected chi connectivity index (χ3v) is 2.04. The molecule has 1 amide bonds. The molecular formula is C9H8ClN5O. The summed E-state index contributed by atoms with van der Waals surface area (Å²) in [5, 5.41) is 9.22. The fourth-order valence-electron chi connectivity index (χ4n) is 1.11. The summed E-state index contributed by atoms with van der Waals surface area (Å²) < 4.78 is 0. The molecule has 7 heteroatoms. The number of halogens is 1. The summed E-state index contributed by atoms with van der Waals surface area (Å²) >= 11 is 5.67. The van der Waals surface area contributed by atoms with E-state index in [-0.39, 0.29) is 23.3 Å². The van der Waals surface area contributed by atoms with Crippen molar-refractivity contribution in [3.63, 3.8) is 0 Å². The average Bonchev–Trinajstić information content (AvgIpc) is 2.78. The molecule has 0 saturated carbocycles. The highest BCUT2D eigenvalue weighted by Gasteiger charge is 2.07. The third kappa shape index (κ3) is 2.54. The zero-order valence-electron chi connectivity index (χ0n) is 8.14. The second-order valence-corrected chi connectivity index (χ2v) is 3.35. The van der Waals surface area contributed by atoms with E-state index in [0.29, 0.717) is 5.82 Å². The molecule has 0 aromatic carbocycles. The van der Waals surface area contributed by atoms with E-state index in [4.69, 9.17) is 11.6 Å². The number of nitrogens with zero attached hydrogens (tertiary/aromatic N) is 3. The van der Waals surface area contributed by atoms with Crippen LogP contribution in [-0.4, -0.2) is 26.1 Å². The average molecular weight is 238 g/mol. The van der Waals surface area contributed by atoms with Crippen LogP contribution in [0.15, 0.2) is 24.5 Å². The summed E-state index contributed by atoms with van der Waals surface area (Å²) in [6.45, 7) is 0.271. The van der Waals surface area contributed by atoms with Gasteiger partial charge in [0.2, 0.25) is 0 Å². The van der Waals surface area contributed by atoms with Gasteiger partial charge in [0.1, 0.15) is 23.0 Å². The van der Waals surface area contributed by atoms with E-state index in [0.717, 1.165) is 0 Å². The van der Waals surface area contributed by atoms with Crippen molar-refractivity contribution in [1.82, 2.24) is 25.5 Å². The Bertz CT molecular complexity index is 484. The number of H-pyrrole nitrogens is 1. The first-order chi connectivity index (χ1) is 7.75. The van der Waals surface area contributed by atoms with Gasteiger partial charge in [-0.25, -0.2) is 9.97 Å². The van der Waals surface area contributed by atoms with Gasteiger partial charge in [0.15, 0.2) is 0 Å². The number of pyridine rings is 1. The molecule has 0 spiro atoms. The maximum atomic E-state index is 11.6. The van der Waals surface area contributed by atoms with E-state index in [1.165, 1.54) is 6.33 Å². The van der Waals surface area contributed by atoms with Crippen LogP contribution in [0, 0.1) is 0 Å². The third-order valence-electron chi connectivity index (χ3n) is 1.83. The Morgan fingerprint density at radius 3 is 3.06 bits per heavy atom. The summed E-state index contributed by atoms with van der Waals surface area (Å²) in [4.78, 5) is 19.3. The number of hydrogen-bond donors (Lipinski definition) is 2. The molecule has 0 aliphatic carbocycles. The standard InChI is InChI=1S/C9H8ClN5O/c10-7-3-1-2-6(14-7)9(16)11-4-8-12-5-13-15-8/h1-3,5H,4H2,(H,11,16)(H,12,13,15). The van der Waals surface area contributed by atoms with Crippen LogP contribution in [0.25, 0.3) is 0 Å². The van der Waals surface area contributed by atoms with Crippen molar-refractivity contribution in [1.29, 1.82) is 0 Å². The topological polar surface area (TPSA) is 83.6 Å². The lowest BCUT2D eigenvalue weighted by molar-refractivity contribution is 0.0945. The Labute approximate surface area is 96.1 Å². The van der Waals surface area contributed by atoms with Gasteiger partial charge in [-0.15, -0.1) is 0 Å². The molecular weight excluding hydrogens is 230 g/mol. The summed E-state index contributed by atoms with van der Waals surface area (Å²) in [5.74, 6) is 0.272. The highest BCUT2D eigenvalue weighted by molar-refractivity contribution is 6.29. The SMILES string of the molecule is O=C(NCc1ncn[nH]1)c1cccc(Cl)n1. The molecule has 0 atom stereocenters. The van der Waals surface area contributed by atoms with Gasteiger partial charge in [-0.1, -0.05) is 17.7 Å². The van der Waals surface area contributed by atoms with Crippen molar-refractivity contribution in [3.8, 4) is 0 Å². The Morgan fingerprint density at radius 2 is 2.38 bits per heavy atom. The molecule has 0 fully saturated rings. The number of hydrogen-bond acceptors (Lipinski definition) is 4. The minimum atomic E-state index is -0.307. The number of amides is 1. The van der Waals surface area contributed by atoms with Crippen LogP contribution in [-0.2, 0) is 6.54 Å². The number of aromatic nitrogens is 4. The minimum absolute atomic E-state index is 0.270. The minimum Gasteiger partial charge on any atom is -0.343 e. The Morgan fingerprint density at radius 1 is 1.50 bits per heavy atom. The van der Waals surface area contributed by atoms with Crippen LogP contribution in [0.4, 0.5) is 0 Å². The lowest BCUT2D eigenvalue weighted by Gasteiger charge is -2.02. The van der Waals surface area contributed by atoms with Crippen molar-refractivity contribution < 1.29 is 4.79 Å². The summed E-state index contributed by atoms with van der Waals surface area (Å²) in [7, 11) is 0. The fraction of sp³-hybridized carbons (Fsp3) is 0.111. The van der Waals surface area contributed by atoms with Crippen LogP contribution >= 0.6 is 11.6 Å². The predicted molar refractivity (Wildman–Crippen MR) is 56.8 cm³/mol. The number of carbonyl (C=O) groups excluding carboxylic acids is 1. The first kappa shape index (κ1) is 10.6. The molecule has 2 aromatic heterocycles. The zero-order valence-corrected chi connectivity index (χ0v) is 8.90. The molecule has 2 heterocycles. The Balaban J connectivity index is 1.98. The van der Waals surface area contributed by atoms with E-state index in [9.17, 15) is 4.79 Å². The second kappa shape index (κ2) is 4.71. The van der Waals surface area contributed by atoms with Gasteiger partial charge in [-0.3, -0.25) is 9.89 Å². The first-order valence-electron chi connectivity index (χ1n) is 4.51. The van der Waals surface area contributed by atoms with Crippen LogP contribution in [0.3, 0.4) is 0 Å². The van der Waals surface area contributed by atoms with E-state index >= 15 is 0 Å². The van der Waals surface area contributed by atoms with Crippen molar-refractivity contribution in [2.24, 2.45) is 0 Å². The van der Waals surface area contributed by atoms with Gasteiger partial charge in [-0.05, 0) is 12.1 Å². The Kier molecular flexibility index (Phi) is 3.11. The molecule has 2 rings (SSSR count). The van der Waals surface area contributed by atoms with Crippen molar-refractivity contribution >= 4 is 17.5 Å². The van der Waals surface area contributed by atoms with Crippen LogP contribution in [0.2, 0.25) is 5.15 Å². The highest BCUT2D eigenvalue weighted by atomic mass is 35.5. The van der Waals surface area contributed by atoms with Crippen LogP contribution in [0.1, 0.15) is 16.3 Å². The molecule has 0 aliphatic heterocycles. The van der Waals surface area contributed by atoms with Gasteiger partial charge in [-0.2, -0.15) is 5.10 Å². The molecule has 6 nitrogen and oxygen atoms in total. The smallest absolute Gasteiger partial charge is 0.270 e. The highest BCUT2D eigenvalue weighted by Crippen LogP contribution is 2.04. The Hall–Kier alpha value is -1.95. The van der Waals surface area contributed by atoms with Gasteiger partial charge in [0.25, 0.3) is 5.91 Å². The fourth-order valence-corrected chi connectivity index (χ4v) is 1.27. The monoisotopic (exact) mass is 237 g/mol. The molecule has 0 saturated heterocycles. The summed E-state index contributed by atoms with van der Waals surface area (Å²) in [5.41, 5.74) is 0.270. The van der Waals surface area contributed by atoms with E-state index < -0.39 is 0 Å². The maximum Gasteiger partial charge on any atom is 0.270 e. The first-order valence-corrected chi connectivity index (χ1v) is 4.88. The van der Waals surface area contributed by atoms with Gasteiger partial charge in [0.05, 0.1) is 6.54 Å². The molecule has 0 radical (unpaired) electrons. The normalized spacial score (nSPS) is 10.1. The van der Waals surface area contributed by atoms with Gasteiger partial charge >= 0.3 is 0 Å². The molecule has 0 aliphatic rings. The van der Waals surface area contributed by atoms with Gasteiger partial charge in [0, 0.05) is 0 Å². The molecule has 0 bridgehead atoms. The van der Waals surface area contributed by atoms with Crippen molar-refractivity contribution in [2.75, 3.05) is 0 Å². The lowest BCUT2D eigenvalue weighted by Crippen LogP contribution is -2.24. The van der Waals surface area contributed by atoms with Gasteiger partial charge < -0.3 is 5.32 Å². The lowest BCUT2D eigenvalue weighted by atomic mass is 10.3. The summed E-state index contributed by atoms with van der Waals surface area (Å²) in [6.07, 6.45) is 1.37. The number of rotatable bonds is 3. The maximum absolute atomic E-state index is 11.6. The zero-order chi connectivity index (χ0) is 11.4. The molecule has 2 N–H and O–H groups in total. The largest absolute Gasteiger partial charge is 0.343 e. The second-order valence-electron chi connectivity index (χ2n) is 2.96. The quantitative estimate of drug-likeness (QED) is 0.773. The van der Waals surface area contributed by atoms with Crippen molar-refractivity contribution in [2.45, 2.75) is 6.54 Å². The van der Waals surface area contributed by atoms with Crippen LogP contribution < -0.4 is 5.32 Å². The van der Waals surface area contributed by atoms with E-state index in [1.807, 2.05) is 0 Å². The predicted octanol–water partition coefficient (Wildman–Crippen LogP) is 0.783. The molecule has 82 valence electrons. The molecule has 16 heavy (non-hydrogen) atoms. The number of carbonyl (C=O) groups is 1. The van der Waals surface area contributed by atoms with Crippen molar-refractivity contribution in [3.05, 3.63) is 41.2 Å². The van der Waals surface area contributed by atoms with E-state index in [2.05, 4.69) is 25.5 Å². The number of nitrogens with one attached hydrogen (secondary N) is 2. The molecule has 0 unspecified atom stereocenters. The molecule has 2 aromatic rings. The number of aromatic amines is 1.